The number of carbonyl (C=O) groups excluding carboxylic acids is 1. The van der Waals surface area contributed by atoms with Crippen LogP contribution < -0.4 is 5.32 Å². The van der Waals surface area contributed by atoms with Crippen molar-refractivity contribution >= 4 is 11.6 Å². The molecule has 0 radical (unpaired) electrons. The van der Waals surface area contributed by atoms with Crippen LogP contribution in [0.25, 0.3) is 16.9 Å². The zero-order chi connectivity index (χ0) is 19.7. The third-order valence-corrected chi connectivity index (χ3v) is 6.20. The molecule has 1 N–H and O–H groups in total. The molecule has 1 saturated heterocycles. The average Bonchev–Trinajstić information content (AvgIpc) is 3.19. The Kier molecular flexibility index (Phi) is 4.75. The van der Waals surface area contributed by atoms with Crippen LogP contribution >= 0.6 is 0 Å². The Morgan fingerprint density at radius 2 is 2.07 bits per heavy atom. The molecule has 0 aromatic carbocycles. The lowest BCUT2D eigenvalue weighted by Crippen LogP contribution is -2.49. The quantitative estimate of drug-likeness (QED) is 0.740. The summed E-state index contributed by atoms with van der Waals surface area (Å²) in [6.45, 7) is 0.711. The Morgan fingerprint density at radius 1 is 1.17 bits per heavy atom. The van der Waals surface area contributed by atoms with Crippen molar-refractivity contribution < 1.29 is 9.53 Å². The molecule has 2 aliphatic rings. The van der Waals surface area contributed by atoms with Crippen LogP contribution in [0.3, 0.4) is 0 Å². The molecule has 5 rings (SSSR count). The van der Waals surface area contributed by atoms with Gasteiger partial charge in [0.05, 0.1) is 17.5 Å². The fraction of sp³-hybridized carbons (Fsp3) is 0.455. The van der Waals surface area contributed by atoms with Gasteiger partial charge in [-0.1, -0.05) is 19.3 Å². The van der Waals surface area contributed by atoms with E-state index in [1.54, 1.807) is 29.3 Å². The lowest BCUT2D eigenvalue weighted by Gasteiger charge is -2.43. The van der Waals surface area contributed by atoms with Gasteiger partial charge in [-0.05, 0) is 43.9 Å². The Labute approximate surface area is 169 Å². The molecule has 29 heavy (non-hydrogen) atoms. The zero-order valence-corrected chi connectivity index (χ0v) is 16.4. The predicted molar refractivity (Wildman–Crippen MR) is 108 cm³/mol. The molecule has 4 heterocycles. The first kappa shape index (κ1) is 18.2. The maximum atomic E-state index is 13.0. The number of nitrogens with zero attached hydrogens (tertiary/aromatic N) is 4. The molecule has 1 aliphatic heterocycles. The predicted octanol–water partition coefficient (Wildman–Crippen LogP) is 3.40. The Bertz CT molecular complexity index is 1000. The maximum Gasteiger partial charge on any atom is 0.256 e. The molecule has 1 atom stereocenters. The van der Waals surface area contributed by atoms with Gasteiger partial charge in [-0.25, -0.2) is 9.50 Å². The smallest absolute Gasteiger partial charge is 0.256 e. The monoisotopic (exact) mass is 391 g/mol. The highest BCUT2D eigenvalue weighted by Gasteiger charge is 2.39. The summed E-state index contributed by atoms with van der Waals surface area (Å²) in [6, 6.07) is 5.86. The molecule has 0 bridgehead atoms. The van der Waals surface area contributed by atoms with Gasteiger partial charge in [0.15, 0.2) is 5.65 Å². The van der Waals surface area contributed by atoms with Crippen molar-refractivity contribution in [1.29, 1.82) is 0 Å². The number of carbonyl (C=O) groups is 1. The van der Waals surface area contributed by atoms with E-state index >= 15 is 0 Å². The summed E-state index contributed by atoms with van der Waals surface area (Å²) in [4.78, 5) is 21.6. The topological polar surface area (TPSA) is 81.4 Å². The molecule has 3 aromatic rings. The number of hydrogen-bond acceptors (Lipinski definition) is 5. The normalized spacial score (nSPS) is 21.3. The van der Waals surface area contributed by atoms with Crippen LogP contribution in [0.1, 0.15) is 55.3 Å². The molecule has 7 nitrogen and oxygen atoms in total. The third-order valence-electron chi connectivity index (χ3n) is 6.20. The van der Waals surface area contributed by atoms with E-state index < -0.39 is 0 Å². The van der Waals surface area contributed by atoms with Gasteiger partial charge in [-0.15, -0.1) is 0 Å². The van der Waals surface area contributed by atoms with Crippen molar-refractivity contribution in [3.05, 3.63) is 48.5 Å². The van der Waals surface area contributed by atoms with E-state index in [1.165, 1.54) is 19.3 Å². The highest BCUT2D eigenvalue weighted by Crippen LogP contribution is 2.38. The molecule has 1 saturated carbocycles. The van der Waals surface area contributed by atoms with Crippen LogP contribution in [-0.2, 0) is 4.74 Å². The van der Waals surface area contributed by atoms with Gasteiger partial charge < -0.3 is 10.1 Å². The zero-order valence-electron chi connectivity index (χ0n) is 16.4. The van der Waals surface area contributed by atoms with Gasteiger partial charge in [-0.2, -0.15) is 5.10 Å². The van der Waals surface area contributed by atoms with Crippen LogP contribution in [0.2, 0.25) is 0 Å². The van der Waals surface area contributed by atoms with E-state index in [-0.39, 0.29) is 17.6 Å². The van der Waals surface area contributed by atoms with Crippen LogP contribution in [0.15, 0.2) is 43.0 Å². The van der Waals surface area contributed by atoms with Gasteiger partial charge >= 0.3 is 0 Å². The number of ether oxygens (including phenoxy) is 1. The van der Waals surface area contributed by atoms with Crippen LogP contribution in [0, 0.1) is 0 Å². The first-order chi connectivity index (χ1) is 14.2. The molecular weight excluding hydrogens is 366 g/mol. The number of pyridine rings is 1. The number of fused-ring (bicyclic) bond motifs is 1. The Balaban J connectivity index is 1.38. The number of nitrogens with one attached hydrogen (secondary N) is 1. The summed E-state index contributed by atoms with van der Waals surface area (Å²) in [6.07, 6.45) is 14.5. The molecule has 1 spiro atoms. The average molecular weight is 391 g/mol. The van der Waals surface area contributed by atoms with Gasteiger partial charge in [-0.3, -0.25) is 9.78 Å². The second kappa shape index (κ2) is 7.55. The summed E-state index contributed by atoms with van der Waals surface area (Å²) >= 11 is 0. The summed E-state index contributed by atoms with van der Waals surface area (Å²) in [5.74, 6) is -0.117. The largest absolute Gasteiger partial charge is 0.375 e. The van der Waals surface area contributed by atoms with Crippen molar-refractivity contribution in [2.45, 2.75) is 56.6 Å². The lowest BCUT2D eigenvalue weighted by atomic mass is 9.78. The molecule has 150 valence electrons. The summed E-state index contributed by atoms with van der Waals surface area (Å²) < 4.78 is 7.86. The fourth-order valence-electron chi connectivity index (χ4n) is 4.74. The minimum absolute atomic E-state index is 0.0404. The maximum absolute atomic E-state index is 13.0. The highest BCUT2D eigenvalue weighted by atomic mass is 16.5. The van der Waals surface area contributed by atoms with Crippen molar-refractivity contribution in [2.75, 3.05) is 6.61 Å². The first-order valence-electron chi connectivity index (χ1n) is 10.4. The lowest BCUT2D eigenvalue weighted by molar-refractivity contribution is -0.107. The second-order valence-electron chi connectivity index (χ2n) is 8.12. The summed E-state index contributed by atoms with van der Waals surface area (Å²) in [5.41, 5.74) is 2.80. The van der Waals surface area contributed by atoms with Crippen molar-refractivity contribution in [3.63, 3.8) is 0 Å². The summed E-state index contributed by atoms with van der Waals surface area (Å²) in [5, 5.41) is 7.65. The minimum Gasteiger partial charge on any atom is -0.375 e. The second-order valence-corrected chi connectivity index (χ2v) is 8.12. The Morgan fingerprint density at radius 3 is 2.90 bits per heavy atom. The molecule has 3 aromatic heterocycles. The molecular formula is C22H25N5O2. The molecule has 2 fully saturated rings. The number of hydrogen-bond donors (Lipinski definition) is 1. The van der Waals surface area contributed by atoms with Gasteiger partial charge in [0, 0.05) is 36.8 Å². The molecule has 7 heteroatoms. The van der Waals surface area contributed by atoms with Gasteiger partial charge in [0.1, 0.15) is 5.56 Å². The summed E-state index contributed by atoms with van der Waals surface area (Å²) in [7, 11) is 0. The first-order valence-corrected chi connectivity index (χ1v) is 10.4. The van der Waals surface area contributed by atoms with E-state index in [0.717, 1.165) is 36.9 Å². The van der Waals surface area contributed by atoms with Crippen LogP contribution in [0.5, 0.6) is 0 Å². The minimum atomic E-state index is -0.117. The SMILES string of the molecule is O=C(NC1CCOC2(CCCCC2)C1)c1cnn2c(-c3cccnc3)ccnc12. The molecule has 1 aliphatic carbocycles. The van der Waals surface area contributed by atoms with Crippen LogP contribution in [-0.4, -0.2) is 43.7 Å². The number of rotatable bonds is 3. The van der Waals surface area contributed by atoms with Crippen molar-refractivity contribution in [3.8, 4) is 11.3 Å². The van der Waals surface area contributed by atoms with E-state index in [2.05, 4.69) is 20.4 Å². The van der Waals surface area contributed by atoms with Crippen LogP contribution in [0.4, 0.5) is 0 Å². The number of aromatic nitrogens is 4. The van der Waals surface area contributed by atoms with Gasteiger partial charge in [0.25, 0.3) is 5.91 Å². The fourth-order valence-corrected chi connectivity index (χ4v) is 4.74. The molecule has 1 unspecified atom stereocenters. The van der Waals surface area contributed by atoms with Crippen molar-refractivity contribution in [1.82, 2.24) is 24.9 Å². The molecule has 1 amide bonds. The highest BCUT2D eigenvalue weighted by molar-refractivity contribution is 6.00. The standard InChI is InChI=1S/C22H25N5O2/c28-21(26-17-7-12-29-22(13-17)8-2-1-3-9-22)18-15-25-27-19(6-11-24-20(18)27)16-5-4-10-23-14-16/h4-6,10-11,14-15,17H,1-3,7-9,12-13H2,(H,26,28). The van der Waals surface area contributed by atoms with E-state index in [9.17, 15) is 4.79 Å². The van der Waals surface area contributed by atoms with E-state index in [0.29, 0.717) is 17.8 Å². The van der Waals surface area contributed by atoms with E-state index in [4.69, 9.17) is 4.74 Å². The van der Waals surface area contributed by atoms with Gasteiger partial charge in [0.2, 0.25) is 0 Å². The Hall–Kier alpha value is -2.80. The third kappa shape index (κ3) is 3.51. The van der Waals surface area contributed by atoms with Crippen molar-refractivity contribution in [2.24, 2.45) is 0 Å². The number of amides is 1. The van der Waals surface area contributed by atoms with E-state index in [1.807, 2.05) is 18.2 Å².